The van der Waals surface area contributed by atoms with Gasteiger partial charge in [-0.15, -0.1) is 0 Å². The average molecular weight is 575 g/mol. The van der Waals surface area contributed by atoms with Crippen molar-refractivity contribution in [3.8, 4) is 22.5 Å². The van der Waals surface area contributed by atoms with Crippen molar-refractivity contribution in [2.75, 3.05) is 0 Å². The number of hydrogen-bond donors (Lipinski definition) is 0. The quantitative estimate of drug-likeness (QED) is 0.206. The number of benzene rings is 7. The molecule has 0 aliphatic carbocycles. The summed E-state index contributed by atoms with van der Waals surface area (Å²) in [5.41, 5.74) is 11.3. The van der Waals surface area contributed by atoms with Crippen molar-refractivity contribution in [2.24, 2.45) is 0 Å². The molecule has 3 heteroatoms. The molecule has 0 atom stereocenters. The van der Waals surface area contributed by atoms with Crippen LogP contribution < -0.4 is 0 Å². The van der Waals surface area contributed by atoms with Crippen LogP contribution in [-0.4, -0.2) is 9.13 Å². The molecule has 0 radical (unpaired) electrons. The van der Waals surface area contributed by atoms with Gasteiger partial charge in [0.1, 0.15) is 11.2 Å². The predicted octanol–water partition coefficient (Wildman–Crippen LogP) is 11.4. The van der Waals surface area contributed by atoms with E-state index in [4.69, 9.17) is 4.42 Å². The second kappa shape index (κ2) is 9.22. The monoisotopic (exact) mass is 574 g/mol. The molecule has 210 valence electrons. The van der Waals surface area contributed by atoms with Gasteiger partial charge in [0.15, 0.2) is 0 Å². The Hall–Kier alpha value is -6.06. The number of para-hydroxylation sites is 4. The van der Waals surface area contributed by atoms with Crippen LogP contribution in [0.15, 0.2) is 162 Å². The third-order valence-corrected chi connectivity index (χ3v) is 9.32. The first-order valence-corrected chi connectivity index (χ1v) is 15.4. The van der Waals surface area contributed by atoms with Gasteiger partial charge in [-0.05, 0) is 65.7 Å². The summed E-state index contributed by atoms with van der Waals surface area (Å²) in [7, 11) is 0. The van der Waals surface area contributed by atoms with Crippen molar-refractivity contribution in [3.63, 3.8) is 0 Å². The molecule has 0 spiro atoms. The minimum Gasteiger partial charge on any atom is -0.456 e. The Labute approximate surface area is 258 Å². The number of nitrogens with zero attached hydrogens (tertiary/aromatic N) is 2. The van der Waals surface area contributed by atoms with Crippen LogP contribution in [0.3, 0.4) is 0 Å². The molecule has 3 nitrogen and oxygen atoms in total. The Kier molecular flexibility index (Phi) is 5.00. The number of rotatable bonds is 3. The van der Waals surface area contributed by atoms with E-state index in [1.54, 1.807) is 0 Å². The van der Waals surface area contributed by atoms with Crippen molar-refractivity contribution in [1.29, 1.82) is 0 Å². The fourth-order valence-electron chi connectivity index (χ4n) is 7.32. The first-order valence-electron chi connectivity index (χ1n) is 15.4. The molecule has 10 aromatic rings. The summed E-state index contributed by atoms with van der Waals surface area (Å²) in [5, 5.41) is 7.30. The van der Waals surface area contributed by atoms with Crippen molar-refractivity contribution in [3.05, 3.63) is 158 Å². The minimum absolute atomic E-state index is 0.916. The first-order chi connectivity index (χ1) is 22.3. The van der Waals surface area contributed by atoms with Crippen LogP contribution >= 0.6 is 0 Å². The molecule has 45 heavy (non-hydrogen) atoms. The Morgan fingerprint density at radius 3 is 1.51 bits per heavy atom. The molecular formula is C42H26N2O. The van der Waals surface area contributed by atoms with Gasteiger partial charge in [-0.3, -0.25) is 0 Å². The van der Waals surface area contributed by atoms with Crippen LogP contribution in [0.2, 0.25) is 0 Å². The largest absolute Gasteiger partial charge is 0.456 e. The molecule has 3 heterocycles. The molecule has 0 saturated heterocycles. The maximum Gasteiger partial charge on any atom is 0.135 e. The lowest BCUT2D eigenvalue weighted by Gasteiger charge is -2.13. The predicted molar refractivity (Wildman–Crippen MR) is 188 cm³/mol. The Bertz CT molecular complexity index is 2740. The van der Waals surface area contributed by atoms with Crippen LogP contribution in [0.5, 0.6) is 0 Å². The van der Waals surface area contributed by atoms with Gasteiger partial charge in [0.2, 0.25) is 0 Å². The zero-order valence-corrected chi connectivity index (χ0v) is 24.3. The molecule has 10 rings (SSSR count). The first kappa shape index (κ1) is 24.4. The Morgan fingerprint density at radius 2 is 0.844 bits per heavy atom. The smallest absolute Gasteiger partial charge is 0.135 e. The standard InChI is InChI=1S/C42H26N2O/c1-2-10-29(11-3-1)43-37-15-7-4-12-31(37)34-23-24-35-32-13-5-8-16-38(32)44(42(35)41(34)43)30-21-18-27(19-22-30)28-20-25-40-36(26-28)33-14-6-9-17-39(33)45-40/h1-26H. The van der Waals surface area contributed by atoms with Gasteiger partial charge in [0, 0.05) is 43.7 Å². The van der Waals surface area contributed by atoms with Gasteiger partial charge in [-0.25, -0.2) is 0 Å². The summed E-state index contributed by atoms with van der Waals surface area (Å²) in [4.78, 5) is 0. The third kappa shape index (κ3) is 3.46. The van der Waals surface area contributed by atoms with E-state index in [9.17, 15) is 0 Å². The van der Waals surface area contributed by atoms with Crippen molar-refractivity contribution in [2.45, 2.75) is 0 Å². The summed E-state index contributed by atoms with van der Waals surface area (Å²) >= 11 is 0. The van der Waals surface area contributed by atoms with Crippen LogP contribution in [-0.2, 0) is 0 Å². The lowest BCUT2D eigenvalue weighted by atomic mass is 10.0. The highest BCUT2D eigenvalue weighted by Crippen LogP contribution is 2.42. The normalized spacial score (nSPS) is 12.0. The van der Waals surface area contributed by atoms with Gasteiger partial charge < -0.3 is 13.6 Å². The fraction of sp³-hybridized carbons (Fsp3) is 0. The molecule has 0 bridgehead atoms. The van der Waals surface area contributed by atoms with E-state index in [0.29, 0.717) is 0 Å². The summed E-state index contributed by atoms with van der Waals surface area (Å²) in [6, 6.07) is 56.6. The fourth-order valence-corrected chi connectivity index (χ4v) is 7.32. The molecule has 0 aliphatic rings. The van der Waals surface area contributed by atoms with Crippen LogP contribution in [0, 0.1) is 0 Å². The van der Waals surface area contributed by atoms with E-state index in [1.165, 1.54) is 54.7 Å². The van der Waals surface area contributed by atoms with E-state index in [0.717, 1.165) is 33.3 Å². The van der Waals surface area contributed by atoms with Gasteiger partial charge in [0.05, 0.1) is 22.1 Å². The van der Waals surface area contributed by atoms with E-state index in [1.807, 2.05) is 12.1 Å². The maximum absolute atomic E-state index is 6.09. The van der Waals surface area contributed by atoms with Crippen molar-refractivity contribution < 1.29 is 4.42 Å². The van der Waals surface area contributed by atoms with Gasteiger partial charge >= 0.3 is 0 Å². The number of aromatic nitrogens is 2. The Morgan fingerprint density at radius 1 is 0.333 bits per heavy atom. The number of furan rings is 1. The molecule has 3 aromatic heterocycles. The highest BCUT2D eigenvalue weighted by molar-refractivity contribution is 6.23. The lowest BCUT2D eigenvalue weighted by Crippen LogP contribution is -1.98. The van der Waals surface area contributed by atoms with Gasteiger partial charge in [0.25, 0.3) is 0 Å². The van der Waals surface area contributed by atoms with Crippen LogP contribution in [0.4, 0.5) is 0 Å². The zero-order valence-electron chi connectivity index (χ0n) is 24.3. The molecule has 0 saturated carbocycles. The van der Waals surface area contributed by atoms with Crippen LogP contribution in [0.1, 0.15) is 0 Å². The second-order valence-corrected chi connectivity index (χ2v) is 11.8. The topological polar surface area (TPSA) is 23.0 Å². The maximum atomic E-state index is 6.09. The van der Waals surface area contributed by atoms with Crippen molar-refractivity contribution in [1.82, 2.24) is 9.13 Å². The van der Waals surface area contributed by atoms with E-state index < -0.39 is 0 Å². The van der Waals surface area contributed by atoms with Crippen molar-refractivity contribution >= 4 is 65.6 Å². The van der Waals surface area contributed by atoms with Gasteiger partial charge in [-0.2, -0.15) is 0 Å². The lowest BCUT2D eigenvalue weighted by molar-refractivity contribution is 0.669. The molecule has 0 aliphatic heterocycles. The van der Waals surface area contributed by atoms with E-state index in [-0.39, 0.29) is 0 Å². The zero-order chi connectivity index (χ0) is 29.5. The number of hydrogen-bond acceptors (Lipinski definition) is 1. The summed E-state index contributed by atoms with van der Waals surface area (Å²) in [5.74, 6) is 0. The summed E-state index contributed by atoms with van der Waals surface area (Å²) in [6.45, 7) is 0. The second-order valence-electron chi connectivity index (χ2n) is 11.8. The molecule has 0 amide bonds. The third-order valence-electron chi connectivity index (χ3n) is 9.32. The van der Waals surface area contributed by atoms with E-state index >= 15 is 0 Å². The Balaban J connectivity index is 1.24. The number of fused-ring (bicyclic) bond motifs is 10. The van der Waals surface area contributed by atoms with Crippen LogP contribution in [0.25, 0.3) is 88.1 Å². The van der Waals surface area contributed by atoms with E-state index in [2.05, 4.69) is 155 Å². The molecule has 7 aromatic carbocycles. The minimum atomic E-state index is 0.916. The highest BCUT2D eigenvalue weighted by atomic mass is 16.3. The molecular weight excluding hydrogens is 548 g/mol. The average Bonchev–Trinajstić information content (AvgIpc) is 3.76. The molecule has 0 N–H and O–H groups in total. The van der Waals surface area contributed by atoms with Gasteiger partial charge in [-0.1, -0.05) is 103 Å². The SMILES string of the molecule is c1ccc(-n2c3ccccc3c3ccc4c5ccccc5n(-c5ccc(-c6ccc7oc8ccccc8c7c6)cc5)c4c32)cc1. The molecule has 0 fully saturated rings. The summed E-state index contributed by atoms with van der Waals surface area (Å²) < 4.78 is 11.0. The molecule has 0 unspecified atom stereocenters. The summed E-state index contributed by atoms with van der Waals surface area (Å²) in [6.07, 6.45) is 0. The highest BCUT2D eigenvalue weighted by Gasteiger charge is 2.21.